The van der Waals surface area contributed by atoms with Crippen LogP contribution in [0.4, 0.5) is 0 Å². The van der Waals surface area contributed by atoms with Gasteiger partial charge in [-0.3, -0.25) is 0 Å². The average Bonchev–Trinajstić information content (AvgIpc) is 3.21. The SMILES string of the molecule is CCc1ccc(S(=O)(=O)N2C[C@H](CN(C)C)[C@@H](c3nnc(C)o3)C2)cc1. The van der Waals surface area contributed by atoms with E-state index in [0.717, 1.165) is 18.5 Å². The fourth-order valence-electron chi connectivity index (χ4n) is 3.47. The number of sulfonamides is 1. The predicted molar refractivity (Wildman–Crippen MR) is 98.4 cm³/mol. The number of hydrogen-bond acceptors (Lipinski definition) is 6. The summed E-state index contributed by atoms with van der Waals surface area (Å²) in [5.41, 5.74) is 1.12. The number of aromatic nitrogens is 2. The summed E-state index contributed by atoms with van der Waals surface area (Å²) < 4.78 is 33.3. The van der Waals surface area contributed by atoms with Crippen LogP contribution in [0.2, 0.25) is 0 Å². The Bertz CT molecular complexity index is 846. The highest BCUT2D eigenvalue weighted by Crippen LogP contribution is 2.35. The quantitative estimate of drug-likeness (QED) is 0.764. The van der Waals surface area contributed by atoms with Gasteiger partial charge in [-0.1, -0.05) is 19.1 Å². The Balaban J connectivity index is 1.87. The number of benzene rings is 1. The van der Waals surface area contributed by atoms with Crippen LogP contribution in [0.3, 0.4) is 0 Å². The molecule has 0 spiro atoms. The van der Waals surface area contributed by atoms with Gasteiger partial charge in [0.15, 0.2) is 0 Å². The van der Waals surface area contributed by atoms with Crippen molar-refractivity contribution in [2.75, 3.05) is 33.7 Å². The highest BCUT2D eigenvalue weighted by Gasteiger charge is 2.42. The monoisotopic (exact) mass is 378 g/mol. The minimum absolute atomic E-state index is 0.0942. The van der Waals surface area contributed by atoms with Crippen LogP contribution in [-0.4, -0.2) is 61.5 Å². The van der Waals surface area contributed by atoms with E-state index >= 15 is 0 Å². The Morgan fingerprint density at radius 2 is 1.88 bits per heavy atom. The summed E-state index contributed by atoms with van der Waals surface area (Å²) >= 11 is 0. The van der Waals surface area contributed by atoms with Crippen LogP contribution in [-0.2, 0) is 16.4 Å². The largest absolute Gasteiger partial charge is 0.425 e. The minimum atomic E-state index is -3.54. The molecule has 0 bridgehead atoms. The van der Waals surface area contributed by atoms with E-state index in [1.165, 1.54) is 0 Å². The molecular weight excluding hydrogens is 352 g/mol. The van der Waals surface area contributed by atoms with Crippen molar-refractivity contribution in [1.29, 1.82) is 0 Å². The van der Waals surface area contributed by atoms with Gasteiger partial charge in [-0.15, -0.1) is 10.2 Å². The van der Waals surface area contributed by atoms with E-state index in [2.05, 4.69) is 15.1 Å². The van der Waals surface area contributed by atoms with Crippen LogP contribution in [0.15, 0.2) is 33.6 Å². The molecule has 1 aliphatic heterocycles. The molecule has 1 fully saturated rings. The van der Waals surface area contributed by atoms with Crippen LogP contribution >= 0.6 is 0 Å². The first-order chi connectivity index (χ1) is 12.3. The second-order valence-corrected chi connectivity index (χ2v) is 9.05. The van der Waals surface area contributed by atoms with Crippen molar-refractivity contribution >= 4 is 10.0 Å². The second kappa shape index (κ2) is 7.46. The van der Waals surface area contributed by atoms with E-state index in [-0.39, 0.29) is 11.8 Å². The lowest BCUT2D eigenvalue weighted by atomic mass is 9.96. The first-order valence-electron chi connectivity index (χ1n) is 8.85. The molecule has 2 aromatic rings. The number of rotatable bonds is 6. The zero-order valence-electron chi connectivity index (χ0n) is 15.7. The van der Waals surface area contributed by atoms with Gasteiger partial charge in [-0.25, -0.2) is 8.42 Å². The second-order valence-electron chi connectivity index (χ2n) is 7.11. The Morgan fingerprint density at radius 1 is 1.19 bits per heavy atom. The van der Waals surface area contributed by atoms with Crippen molar-refractivity contribution in [3.05, 3.63) is 41.6 Å². The topological polar surface area (TPSA) is 79.5 Å². The van der Waals surface area contributed by atoms with Gasteiger partial charge in [0.2, 0.25) is 21.8 Å². The van der Waals surface area contributed by atoms with Crippen LogP contribution in [0, 0.1) is 12.8 Å². The van der Waals surface area contributed by atoms with Crippen LogP contribution in [0.1, 0.15) is 30.2 Å². The summed E-state index contributed by atoms with van der Waals surface area (Å²) in [6.07, 6.45) is 0.882. The standard InChI is InChI=1S/C18H26N4O3S/c1-5-14-6-8-16(9-7-14)26(23,24)22-11-15(10-21(3)4)17(12-22)18-20-19-13(2)25-18/h6-9,15,17H,5,10-12H2,1-4H3/t15-,17-/m0/s1. The number of hydrogen-bond donors (Lipinski definition) is 0. The Morgan fingerprint density at radius 3 is 2.42 bits per heavy atom. The molecule has 1 aromatic heterocycles. The van der Waals surface area contributed by atoms with E-state index < -0.39 is 10.0 Å². The van der Waals surface area contributed by atoms with Gasteiger partial charge in [0.25, 0.3) is 0 Å². The molecule has 0 amide bonds. The lowest BCUT2D eigenvalue weighted by Gasteiger charge is -2.19. The van der Waals surface area contributed by atoms with Gasteiger partial charge in [-0.05, 0) is 44.1 Å². The maximum atomic E-state index is 13.1. The van der Waals surface area contributed by atoms with Gasteiger partial charge in [0.05, 0.1) is 10.8 Å². The maximum absolute atomic E-state index is 13.1. The lowest BCUT2D eigenvalue weighted by molar-refractivity contribution is 0.297. The van der Waals surface area contributed by atoms with Gasteiger partial charge in [0.1, 0.15) is 0 Å². The predicted octanol–water partition coefficient (Wildman–Crippen LogP) is 1.91. The van der Waals surface area contributed by atoms with Crippen molar-refractivity contribution in [1.82, 2.24) is 19.4 Å². The highest BCUT2D eigenvalue weighted by molar-refractivity contribution is 7.89. The smallest absolute Gasteiger partial charge is 0.243 e. The van der Waals surface area contributed by atoms with E-state index in [9.17, 15) is 8.42 Å². The summed E-state index contributed by atoms with van der Waals surface area (Å²) in [5, 5.41) is 8.05. The Kier molecular flexibility index (Phi) is 5.45. The maximum Gasteiger partial charge on any atom is 0.243 e. The summed E-state index contributed by atoms with van der Waals surface area (Å²) in [6.45, 7) is 5.36. The van der Waals surface area contributed by atoms with Crippen molar-refractivity contribution < 1.29 is 12.8 Å². The van der Waals surface area contributed by atoms with E-state index in [1.807, 2.05) is 33.2 Å². The molecule has 0 unspecified atom stereocenters. The molecule has 8 heteroatoms. The molecule has 142 valence electrons. The molecule has 1 aliphatic rings. The lowest BCUT2D eigenvalue weighted by Crippen LogP contribution is -2.30. The molecule has 0 N–H and O–H groups in total. The van der Waals surface area contributed by atoms with Crippen LogP contribution in [0.5, 0.6) is 0 Å². The van der Waals surface area contributed by atoms with E-state index in [4.69, 9.17) is 4.42 Å². The van der Waals surface area contributed by atoms with Gasteiger partial charge >= 0.3 is 0 Å². The summed E-state index contributed by atoms with van der Waals surface area (Å²) in [7, 11) is 0.424. The third-order valence-corrected chi connectivity index (χ3v) is 6.68. The Hall–Kier alpha value is -1.77. The fraction of sp³-hybridized carbons (Fsp3) is 0.556. The molecule has 0 saturated carbocycles. The van der Waals surface area contributed by atoms with Crippen LogP contribution < -0.4 is 0 Å². The zero-order valence-corrected chi connectivity index (χ0v) is 16.5. The molecule has 2 atom stereocenters. The summed E-state index contributed by atoms with van der Waals surface area (Å²) in [4.78, 5) is 2.40. The average molecular weight is 378 g/mol. The molecular formula is C18H26N4O3S. The van der Waals surface area contributed by atoms with Crippen molar-refractivity contribution in [2.24, 2.45) is 5.92 Å². The third kappa shape index (κ3) is 3.82. The summed E-state index contributed by atoms with van der Waals surface area (Å²) in [5.74, 6) is 1.03. The van der Waals surface area contributed by atoms with E-state index in [1.54, 1.807) is 23.4 Å². The molecule has 1 saturated heterocycles. The van der Waals surface area contributed by atoms with Crippen molar-refractivity contribution in [2.45, 2.75) is 31.1 Å². The first kappa shape index (κ1) is 19.0. The molecule has 26 heavy (non-hydrogen) atoms. The number of nitrogens with zero attached hydrogens (tertiary/aromatic N) is 4. The van der Waals surface area contributed by atoms with Gasteiger partial charge in [0, 0.05) is 26.6 Å². The van der Waals surface area contributed by atoms with Crippen molar-refractivity contribution in [3.63, 3.8) is 0 Å². The fourth-order valence-corrected chi connectivity index (χ4v) is 4.99. The highest BCUT2D eigenvalue weighted by atomic mass is 32.2. The minimum Gasteiger partial charge on any atom is -0.425 e. The van der Waals surface area contributed by atoms with Crippen LogP contribution in [0.25, 0.3) is 0 Å². The molecule has 1 aromatic carbocycles. The van der Waals surface area contributed by atoms with Gasteiger partial charge in [-0.2, -0.15) is 4.31 Å². The molecule has 0 radical (unpaired) electrons. The van der Waals surface area contributed by atoms with Crippen molar-refractivity contribution in [3.8, 4) is 0 Å². The number of aryl methyl sites for hydroxylation is 2. The molecule has 7 nitrogen and oxygen atoms in total. The van der Waals surface area contributed by atoms with E-state index in [0.29, 0.717) is 29.8 Å². The van der Waals surface area contributed by atoms with Gasteiger partial charge < -0.3 is 9.32 Å². The third-order valence-electron chi connectivity index (χ3n) is 4.84. The summed E-state index contributed by atoms with van der Waals surface area (Å²) in [6, 6.07) is 7.14. The first-order valence-corrected chi connectivity index (χ1v) is 10.3. The zero-order chi connectivity index (χ0) is 18.9. The molecule has 2 heterocycles. The molecule has 0 aliphatic carbocycles. The molecule has 3 rings (SSSR count). The Labute approximate surface area is 155 Å². The normalized spacial score (nSPS) is 21.6.